The second kappa shape index (κ2) is 6.28. The third kappa shape index (κ3) is 4.47. The molecule has 0 heterocycles. The van der Waals surface area contributed by atoms with Crippen LogP contribution >= 0.6 is 0 Å². The molecule has 0 aliphatic carbocycles. The number of hydrogen-bond acceptors (Lipinski definition) is 2. The van der Waals surface area contributed by atoms with Gasteiger partial charge < -0.3 is 10.2 Å². The molecular formula is C14H22N2O. The third-order valence-electron chi connectivity index (χ3n) is 2.65. The lowest BCUT2D eigenvalue weighted by molar-refractivity contribution is 0.0952. The molecule has 0 aliphatic rings. The first-order chi connectivity index (χ1) is 8.00. The molecule has 0 atom stereocenters. The first-order valence-corrected chi connectivity index (χ1v) is 6.06. The SMILES string of the molecule is CC(C)CCNC(=O)c1ccc(N(C)C)cc1. The molecule has 1 aromatic rings. The number of amides is 1. The zero-order valence-electron chi connectivity index (χ0n) is 11.2. The van der Waals surface area contributed by atoms with Gasteiger partial charge in [0.2, 0.25) is 0 Å². The van der Waals surface area contributed by atoms with E-state index in [1.807, 2.05) is 43.3 Å². The van der Waals surface area contributed by atoms with Crippen LogP contribution in [0.3, 0.4) is 0 Å². The topological polar surface area (TPSA) is 32.3 Å². The van der Waals surface area contributed by atoms with Gasteiger partial charge >= 0.3 is 0 Å². The minimum Gasteiger partial charge on any atom is -0.378 e. The molecule has 0 spiro atoms. The number of carbonyl (C=O) groups is 1. The summed E-state index contributed by atoms with van der Waals surface area (Å²) in [7, 11) is 3.97. The molecule has 0 saturated carbocycles. The fraction of sp³-hybridized carbons (Fsp3) is 0.500. The summed E-state index contributed by atoms with van der Waals surface area (Å²) < 4.78 is 0. The van der Waals surface area contributed by atoms with Crippen LogP contribution in [-0.2, 0) is 0 Å². The van der Waals surface area contributed by atoms with Crippen molar-refractivity contribution in [1.82, 2.24) is 5.32 Å². The summed E-state index contributed by atoms with van der Waals surface area (Å²) in [5.41, 5.74) is 1.82. The molecule has 1 N–H and O–H groups in total. The number of rotatable bonds is 5. The van der Waals surface area contributed by atoms with Gasteiger partial charge in [0, 0.05) is 31.9 Å². The minimum atomic E-state index is 0.0101. The molecule has 1 rings (SSSR count). The van der Waals surface area contributed by atoms with Crippen LogP contribution in [0.5, 0.6) is 0 Å². The molecule has 0 bridgehead atoms. The summed E-state index contributed by atoms with van der Waals surface area (Å²) in [6.07, 6.45) is 1.02. The van der Waals surface area contributed by atoms with E-state index in [-0.39, 0.29) is 5.91 Å². The van der Waals surface area contributed by atoms with Crippen LogP contribution in [0, 0.1) is 5.92 Å². The van der Waals surface area contributed by atoms with Crippen LogP contribution in [0.4, 0.5) is 5.69 Å². The highest BCUT2D eigenvalue weighted by Crippen LogP contribution is 2.12. The van der Waals surface area contributed by atoms with E-state index in [9.17, 15) is 4.79 Å². The van der Waals surface area contributed by atoms with E-state index in [4.69, 9.17) is 0 Å². The van der Waals surface area contributed by atoms with E-state index in [1.165, 1.54) is 0 Å². The van der Waals surface area contributed by atoms with Crippen molar-refractivity contribution in [3.05, 3.63) is 29.8 Å². The number of nitrogens with one attached hydrogen (secondary N) is 1. The summed E-state index contributed by atoms with van der Waals surface area (Å²) in [5.74, 6) is 0.627. The molecule has 0 radical (unpaired) electrons. The molecule has 0 aliphatic heterocycles. The first-order valence-electron chi connectivity index (χ1n) is 6.06. The smallest absolute Gasteiger partial charge is 0.251 e. The van der Waals surface area contributed by atoms with Gasteiger partial charge in [0.15, 0.2) is 0 Å². The Kier molecular flexibility index (Phi) is 5.01. The quantitative estimate of drug-likeness (QED) is 0.849. The average molecular weight is 234 g/mol. The largest absolute Gasteiger partial charge is 0.378 e. The minimum absolute atomic E-state index is 0.0101. The van der Waals surface area contributed by atoms with Crippen molar-refractivity contribution in [1.29, 1.82) is 0 Å². The van der Waals surface area contributed by atoms with Crippen molar-refractivity contribution < 1.29 is 4.79 Å². The summed E-state index contributed by atoms with van der Waals surface area (Å²) >= 11 is 0. The Morgan fingerprint density at radius 3 is 2.29 bits per heavy atom. The Bertz CT molecular complexity index is 355. The second-order valence-electron chi connectivity index (χ2n) is 4.88. The molecule has 0 unspecified atom stereocenters. The Hall–Kier alpha value is -1.51. The van der Waals surface area contributed by atoms with Gasteiger partial charge in [0.25, 0.3) is 5.91 Å². The monoisotopic (exact) mass is 234 g/mol. The summed E-state index contributed by atoms with van der Waals surface area (Å²) in [6, 6.07) is 7.63. The Morgan fingerprint density at radius 2 is 1.82 bits per heavy atom. The van der Waals surface area contributed by atoms with Crippen molar-refractivity contribution in [2.75, 3.05) is 25.5 Å². The van der Waals surface area contributed by atoms with Crippen LogP contribution in [0.15, 0.2) is 24.3 Å². The molecule has 17 heavy (non-hydrogen) atoms. The van der Waals surface area contributed by atoms with Crippen molar-refractivity contribution in [2.45, 2.75) is 20.3 Å². The van der Waals surface area contributed by atoms with Gasteiger partial charge in [-0.3, -0.25) is 4.79 Å². The average Bonchev–Trinajstić information content (AvgIpc) is 2.28. The van der Waals surface area contributed by atoms with E-state index >= 15 is 0 Å². The van der Waals surface area contributed by atoms with Gasteiger partial charge in [-0.05, 0) is 36.6 Å². The first kappa shape index (κ1) is 13.6. The molecule has 0 fully saturated rings. The lowest BCUT2D eigenvalue weighted by atomic mass is 10.1. The van der Waals surface area contributed by atoms with Crippen LogP contribution in [0.1, 0.15) is 30.6 Å². The van der Waals surface area contributed by atoms with Crippen LogP contribution in [0.25, 0.3) is 0 Å². The van der Waals surface area contributed by atoms with E-state index < -0.39 is 0 Å². The Morgan fingerprint density at radius 1 is 1.24 bits per heavy atom. The fourth-order valence-electron chi connectivity index (χ4n) is 1.49. The molecule has 94 valence electrons. The number of anilines is 1. The van der Waals surface area contributed by atoms with Crippen LogP contribution in [-0.4, -0.2) is 26.5 Å². The van der Waals surface area contributed by atoms with Crippen molar-refractivity contribution in [3.8, 4) is 0 Å². The maximum Gasteiger partial charge on any atom is 0.251 e. The van der Waals surface area contributed by atoms with E-state index in [0.717, 1.165) is 24.2 Å². The van der Waals surface area contributed by atoms with Gasteiger partial charge in [-0.1, -0.05) is 13.8 Å². The van der Waals surface area contributed by atoms with Gasteiger partial charge in [-0.2, -0.15) is 0 Å². The highest BCUT2D eigenvalue weighted by molar-refractivity contribution is 5.94. The predicted molar refractivity (Wildman–Crippen MR) is 72.6 cm³/mol. The lowest BCUT2D eigenvalue weighted by Crippen LogP contribution is -2.25. The summed E-state index contributed by atoms with van der Waals surface area (Å²) in [6.45, 7) is 5.04. The molecule has 0 saturated heterocycles. The molecule has 1 aromatic carbocycles. The van der Waals surface area contributed by atoms with Gasteiger partial charge in [-0.15, -0.1) is 0 Å². The Labute approximate surface area is 104 Å². The maximum absolute atomic E-state index is 11.8. The highest BCUT2D eigenvalue weighted by Gasteiger charge is 2.05. The van der Waals surface area contributed by atoms with Crippen LogP contribution < -0.4 is 10.2 Å². The van der Waals surface area contributed by atoms with Crippen LogP contribution in [0.2, 0.25) is 0 Å². The number of benzene rings is 1. The molecule has 1 amide bonds. The van der Waals surface area contributed by atoms with Crippen molar-refractivity contribution >= 4 is 11.6 Å². The summed E-state index contributed by atoms with van der Waals surface area (Å²) in [5, 5.41) is 2.93. The van der Waals surface area contributed by atoms with Crippen molar-refractivity contribution in [3.63, 3.8) is 0 Å². The highest BCUT2D eigenvalue weighted by atomic mass is 16.1. The number of carbonyl (C=O) groups excluding carboxylic acids is 1. The molecular weight excluding hydrogens is 212 g/mol. The third-order valence-corrected chi connectivity index (χ3v) is 2.65. The fourth-order valence-corrected chi connectivity index (χ4v) is 1.49. The van der Waals surface area contributed by atoms with Gasteiger partial charge in [0.1, 0.15) is 0 Å². The molecule has 3 nitrogen and oxygen atoms in total. The Balaban J connectivity index is 2.52. The van der Waals surface area contributed by atoms with Gasteiger partial charge in [-0.25, -0.2) is 0 Å². The maximum atomic E-state index is 11.8. The zero-order chi connectivity index (χ0) is 12.8. The lowest BCUT2D eigenvalue weighted by Gasteiger charge is -2.12. The summed E-state index contributed by atoms with van der Waals surface area (Å²) in [4.78, 5) is 13.8. The van der Waals surface area contributed by atoms with E-state index in [0.29, 0.717) is 5.92 Å². The van der Waals surface area contributed by atoms with Gasteiger partial charge in [0.05, 0.1) is 0 Å². The van der Waals surface area contributed by atoms with E-state index in [2.05, 4.69) is 19.2 Å². The zero-order valence-corrected chi connectivity index (χ0v) is 11.2. The number of nitrogens with zero attached hydrogens (tertiary/aromatic N) is 1. The normalized spacial score (nSPS) is 10.4. The molecule has 3 heteroatoms. The standard InChI is InChI=1S/C14H22N2O/c1-11(2)9-10-15-14(17)12-5-7-13(8-6-12)16(3)4/h5-8,11H,9-10H2,1-4H3,(H,15,17). The second-order valence-corrected chi connectivity index (χ2v) is 4.88. The van der Waals surface area contributed by atoms with E-state index in [1.54, 1.807) is 0 Å². The van der Waals surface area contributed by atoms with Crippen molar-refractivity contribution in [2.24, 2.45) is 5.92 Å². The number of hydrogen-bond donors (Lipinski definition) is 1. The predicted octanol–water partition coefficient (Wildman–Crippen LogP) is 2.53. The molecule has 0 aromatic heterocycles.